The summed E-state index contributed by atoms with van der Waals surface area (Å²) in [5.41, 5.74) is 3.51. The molecule has 1 aromatic carbocycles. The number of rotatable bonds is 5. The highest BCUT2D eigenvalue weighted by molar-refractivity contribution is 7.09. The molecular weight excluding hydrogens is 288 g/mol. The lowest BCUT2D eigenvalue weighted by atomic mass is 10.1. The second-order valence-corrected chi connectivity index (χ2v) is 5.96. The van der Waals surface area contributed by atoms with Crippen molar-refractivity contribution < 1.29 is 14.3 Å². The minimum atomic E-state index is 0.0676. The number of fused-ring (bicyclic) bond motifs is 1. The van der Waals surface area contributed by atoms with E-state index in [1.54, 1.807) is 29.5 Å². The molecule has 0 aliphatic carbocycles. The number of carbonyl (C=O) groups is 1. The van der Waals surface area contributed by atoms with Crippen molar-refractivity contribution in [1.29, 1.82) is 0 Å². The topological polar surface area (TPSA) is 51.7 Å². The van der Waals surface area contributed by atoms with Crippen LogP contribution in [0, 0.1) is 6.92 Å². The third-order valence-corrected chi connectivity index (χ3v) is 4.29. The molecule has 0 fully saturated rings. The van der Waals surface area contributed by atoms with E-state index in [1.807, 2.05) is 24.4 Å². The van der Waals surface area contributed by atoms with Gasteiger partial charge in [0.2, 0.25) is 6.79 Å². The number of hydrogen-bond donors (Lipinski definition) is 0. The van der Waals surface area contributed by atoms with E-state index in [-0.39, 0.29) is 12.6 Å². The maximum atomic E-state index is 12.3. The molecular formula is C15H16N2O3S. The number of likely N-dealkylation sites (N-methyl/N-ethyl adjacent to an activating group) is 1. The Kier molecular flexibility index (Phi) is 3.90. The summed E-state index contributed by atoms with van der Waals surface area (Å²) in [6, 6.07) is 5.31. The number of ketones is 1. The van der Waals surface area contributed by atoms with E-state index in [0.717, 1.165) is 12.2 Å². The molecule has 21 heavy (non-hydrogen) atoms. The van der Waals surface area contributed by atoms with Gasteiger partial charge in [0.05, 0.1) is 17.7 Å². The van der Waals surface area contributed by atoms with E-state index < -0.39 is 0 Å². The summed E-state index contributed by atoms with van der Waals surface area (Å²) in [6.07, 6.45) is 0. The lowest BCUT2D eigenvalue weighted by Crippen LogP contribution is -2.25. The second-order valence-electron chi connectivity index (χ2n) is 5.02. The molecule has 3 rings (SSSR count). The maximum absolute atomic E-state index is 12.3. The number of nitrogens with zero attached hydrogens (tertiary/aromatic N) is 2. The van der Waals surface area contributed by atoms with Crippen molar-refractivity contribution in [2.45, 2.75) is 13.5 Å². The van der Waals surface area contributed by atoms with Crippen LogP contribution in [0.25, 0.3) is 0 Å². The number of aryl methyl sites for hydroxylation is 1. The summed E-state index contributed by atoms with van der Waals surface area (Å²) < 4.78 is 10.5. The van der Waals surface area contributed by atoms with Crippen LogP contribution < -0.4 is 9.47 Å². The Bertz CT molecular complexity index is 669. The first-order valence-electron chi connectivity index (χ1n) is 6.64. The van der Waals surface area contributed by atoms with E-state index in [2.05, 4.69) is 4.98 Å². The predicted molar refractivity (Wildman–Crippen MR) is 80.1 cm³/mol. The van der Waals surface area contributed by atoms with Gasteiger partial charge in [0.25, 0.3) is 0 Å². The smallest absolute Gasteiger partial charge is 0.231 e. The molecule has 0 atom stereocenters. The van der Waals surface area contributed by atoms with Crippen LogP contribution in [-0.2, 0) is 6.54 Å². The summed E-state index contributed by atoms with van der Waals surface area (Å²) in [5, 5.41) is 0. The fraction of sp³-hybridized carbons (Fsp3) is 0.333. The van der Waals surface area contributed by atoms with Crippen LogP contribution in [0.2, 0.25) is 0 Å². The van der Waals surface area contributed by atoms with Gasteiger partial charge in [-0.25, -0.2) is 4.98 Å². The van der Waals surface area contributed by atoms with Gasteiger partial charge >= 0.3 is 0 Å². The largest absolute Gasteiger partial charge is 0.454 e. The van der Waals surface area contributed by atoms with Gasteiger partial charge in [0, 0.05) is 17.0 Å². The molecule has 110 valence electrons. The number of ether oxygens (including phenoxy) is 2. The zero-order valence-electron chi connectivity index (χ0n) is 12.0. The zero-order chi connectivity index (χ0) is 14.8. The first-order valence-corrected chi connectivity index (χ1v) is 7.52. The number of Topliss-reactive ketones (excluding diaryl/α,β-unsaturated/α-hetero) is 1. The van der Waals surface area contributed by atoms with E-state index in [1.165, 1.54) is 4.88 Å². The quantitative estimate of drug-likeness (QED) is 0.794. The highest BCUT2D eigenvalue weighted by Gasteiger charge is 2.17. The van der Waals surface area contributed by atoms with Crippen LogP contribution in [0.3, 0.4) is 0 Å². The summed E-state index contributed by atoms with van der Waals surface area (Å²) in [7, 11) is 1.93. The lowest BCUT2D eigenvalue weighted by Gasteiger charge is -2.15. The SMILES string of the molecule is Cc1ncsc1CN(C)CC(=O)c1ccc2c(c1)OCO2. The van der Waals surface area contributed by atoms with Crippen LogP contribution in [0.5, 0.6) is 11.5 Å². The Morgan fingerprint density at radius 3 is 2.95 bits per heavy atom. The normalized spacial score (nSPS) is 12.9. The zero-order valence-corrected chi connectivity index (χ0v) is 12.8. The molecule has 0 N–H and O–H groups in total. The highest BCUT2D eigenvalue weighted by atomic mass is 32.1. The van der Waals surface area contributed by atoms with Gasteiger partial charge in [-0.15, -0.1) is 11.3 Å². The molecule has 0 bridgehead atoms. The van der Waals surface area contributed by atoms with Crippen molar-refractivity contribution >= 4 is 17.1 Å². The standard InChI is InChI=1S/C15H16N2O3S/c1-10-15(21-8-16-10)7-17(2)6-12(18)11-3-4-13-14(5-11)20-9-19-13/h3-5,8H,6-7,9H2,1-2H3. The molecule has 1 aromatic heterocycles. The molecule has 2 aromatic rings. The lowest BCUT2D eigenvalue weighted by molar-refractivity contribution is 0.0943. The van der Waals surface area contributed by atoms with Gasteiger partial charge in [-0.3, -0.25) is 9.69 Å². The first kappa shape index (κ1) is 14.0. The summed E-state index contributed by atoms with van der Waals surface area (Å²) in [6.45, 7) is 3.29. The molecule has 0 radical (unpaired) electrons. The van der Waals surface area contributed by atoms with Crippen molar-refractivity contribution in [2.75, 3.05) is 20.4 Å². The Balaban J connectivity index is 1.64. The van der Waals surface area contributed by atoms with Gasteiger partial charge in [0.1, 0.15) is 0 Å². The van der Waals surface area contributed by atoms with Gasteiger partial charge in [-0.1, -0.05) is 0 Å². The molecule has 1 aliphatic heterocycles. The molecule has 1 aliphatic rings. The molecule has 0 unspecified atom stereocenters. The van der Waals surface area contributed by atoms with Gasteiger partial charge in [-0.2, -0.15) is 0 Å². The summed E-state index contributed by atoms with van der Waals surface area (Å²) in [5.74, 6) is 1.40. The van der Waals surface area contributed by atoms with Gasteiger partial charge in [0.15, 0.2) is 17.3 Å². The fourth-order valence-corrected chi connectivity index (χ4v) is 3.04. The minimum Gasteiger partial charge on any atom is -0.454 e. The minimum absolute atomic E-state index is 0.0676. The molecule has 0 saturated heterocycles. The second kappa shape index (κ2) is 5.83. The van der Waals surface area contributed by atoms with Crippen LogP contribution >= 0.6 is 11.3 Å². The van der Waals surface area contributed by atoms with Crippen molar-refractivity contribution in [3.8, 4) is 11.5 Å². The predicted octanol–water partition coefficient (Wildman–Crippen LogP) is 2.49. The van der Waals surface area contributed by atoms with Crippen molar-refractivity contribution in [3.63, 3.8) is 0 Å². The average Bonchev–Trinajstić information content (AvgIpc) is 3.07. The monoisotopic (exact) mass is 304 g/mol. The first-order chi connectivity index (χ1) is 10.1. The van der Waals surface area contributed by atoms with Crippen LogP contribution in [0.15, 0.2) is 23.7 Å². The molecule has 6 heteroatoms. The Morgan fingerprint density at radius 2 is 2.19 bits per heavy atom. The van der Waals surface area contributed by atoms with E-state index in [4.69, 9.17) is 9.47 Å². The molecule has 5 nitrogen and oxygen atoms in total. The van der Waals surface area contributed by atoms with Crippen molar-refractivity contribution in [3.05, 3.63) is 39.8 Å². The molecule has 0 spiro atoms. The Hall–Kier alpha value is -1.92. The Labute approximate surface area is 127 Å². The van der Waals surface area contributed by atoms with Crippen LogP contribution in [-0.4, -0.2) is 36.1 Å². The van der Waals surface area contributed by atoms with Gasteiger partial charge in [-0.05, 0) is 32.2 Å². The Morgan fingerprint density at radius 1 is 1.38 bits per heavy atom. The summed E-state index contributed by atoms with van der Waals surface area (Å²) >= 11 is 1.62. The highest BCUT2D eigenvalue weighted by Crippen LogP contribution is 2.32. The molecule has 0 saturated carbocycles. The van der Waals surface area contributed by atoms with Crippen LogP contribution in [0.1, 0.15) is 20.9 Å². The summed E-state index contributed by atoms with van der Waals surface area (Å²) in [4.78, 5) is 19.7. The molecule has 0 amide bonds. The van der Waals surface area contributed by atoms with Crippen molar-refractivity contribution in [2.24, 2.45) is 0 Å². The fourth-order valence-electron chi connectivity index (χ4n) is 2.19. The van der Waals surface area contributed by atoms with Crippen LogP contribution in [0.4, 0.5) is 0 Å². The van der Waals surface area contributed by atoms with Crippen molar-refractivity contribution in [1.82, 2.24) is 9.88 Å². The van der Waals surface area contributed by atoms with Gasteiger partial charge < -0.3 is 9.47 Å². The molecule has 2 heterocycles. The van der Waals surface area contributed by atoms with E-state index in [9.17, 15) is 4.79 Å². The average molecular weight is 304 g/mol. The third-order valence-electron chi connectivity index (χ3n) is 3.37. The maximum Gasteiger partial charge on any atom is 0.231 e. The number of carbonyl (C=O) groups excluding carboxylic acids is 1. The van der Waals surface area contributed by atoms with E-state index in [0.29, 0.717) is 23.6 Å². The third kappa shape index (κ3) is 3.06. The number of aromatic nitrogens is 1. The number of benzene rings is 1. The number of hydrogen-bond acceptors (Lipinski definition) is 6. The van der Waals surface area contributed by atoms with E-state index >= 15 is 0 Å². The number of thiazole rings is 1.